The number of benzene rings is 2. The molecule has 4 nitrogen and oxygen atoms in total. The van der Waals surface area contributed by atoms with Gasteiger partial charge in [-0.25, -0.2) is 4.98 Å². The van der Waals surface area contributed by atoms with Gasteiger partial charge in [0.15, 0.2) is 0 Å². The highest BCUT2D eigenvalue weighted by atomic mass is 35.5. The third kappa shape index (κ3) is 2.80. The molecule has 0 spiro atoms. The molecule has 0 bridgehead atoms. The highest BCUT2D eigenvalue weighted by Gasteiger charge is 2.02. The molecule has 0 unspecified atom stereocenters. The van der Waals surface area contributed by atoms with E-state index in [2.05, 4.69) is 20.5 Å². The van der Waals surface area contributed by atoms with E-state index in [1.54, 1.807) is 12.1 Å². The number of anilines is 1. The van der Waals surface area contributed by atoms with Crippen LogP contribution >= 0.6 is 11.6 Å². The Hall–Kier alpha value is -2.20. The summed E-state index contributed by atoms with van der Waals surface area (Å²) >= 11 is 5.89. The third-order valence-corrected chi connectivity index (χ3v) is 2.94. The van der Waals surface area contributed by atoms with Crippen LogP contribution in [0.4, 0.5) is 5.95 Å². The zero-order valence-corrected chi connectivity index (χ0v) is 10.8. The Kier molecular flexibility index (Phi) is 3.25. The van der Waals surface area contributed by atoms with Crippen molar-refractivity contribution in [3.05, 3.63) is 59.1 Å². The Morgan fingerprint density at radius 2 is 1.79 bits per heavy atom. The molecule has 2 aromatic carbocycles. The molecule has 0 saturated carbocycles. The number of aromatic nitrogens is 3. The average molecular weight is 271 g/mol. The van der Waals surface area contributed by atoms with Gasteiger partial charge in [-0.1, -0.05) is 41.9 Å². The van der Waals surface area contributed by atoms with Crippen LogP contribution < -0.4 is 5.32 Å². The summed E-state index contributed by atoms with van der Waals surface area (Å²) in [5.74, 6) is 0.513. The van der Waals surface area contributed by atoms with E-state index in [1.807, 2.05) is 36.4 Å². The summed E-state index contributed by atoms with van der Waals surface area (Å²) in [5.41, 5.74) is 2.63. The lowest BCUT2D eigenvalue weighted by molar-refractivity contribution is 0.984. The van der Waals surface area contributed by atoms with Gasteiger partial charge < -0.3 is 5.32 Å². The number of hydrogen-bond donors (Lipinski definition) is 1. The Balaban J connectivity index is 1.80. The van der Waals surface area contributed by atoms with Gasteiger partial charge in [-0.15, -0.1) is 10.2 Å². The zero-order chi connectivity index (χ0) is 13.1. The normalized spacial score (nSPS) is 10.6. The zero-order valence-electron chi connectivity index (χ0n) is 10.0. The summed E-state index contributed by atoms with van der Waals surface area (Å²) in [4.78, 5) is 4.39. The Labute approximate surface area is 115 Å². The molecular weight excluding hydrogens is 260 g/mol. The topological polar surface area (TPSA) is 50.7 Å². The van der Waals surface area contributed by atoms with E-state index in [-0.39, 0.29) is 0 Å². The predicted octanol–water partition coefficient (Wildman–Crippen LogP) is 3.29. The molecule has 1 aromatic heterocycles. The van der Waals surface area contributed by atoms with Crippen LogP contribution in [0.2, 0.25) is 5.02 Å². The van der Waals surface area contributed by atoms with E-state index in [4.69, 9.17) is 11.6 Å². The fourth-order valence-corrected chi connectivity index (χ4v) is 1.93. The summed E-state index contributed by atoms with van der Waals surface area (Å²) in [6, 6.07) is 15.4. The molecule has 1 N–H and O–H groups in total. The van der Waals surface area contributed by atoms with Gasteiger partial charge in [0.05, 0.1) is 5.52 Å². The predicted molar refractivity (Wildman–Crippen MR) is 76.1 cm³/mol. The molecule has 1 heterocycles. The lowest BCUT2D eigenvalue weighted by atomic mass is 10.2. The van der Waals surface area contributed by atoms with Crippen LogP contribution in [0.15, 0.2) is 48.5 Å². The molecule has 94 valence electrons. The summed E-state index contributed by atoms with van der Waals surface area (Å²) in [5, 5.41) is 11.9. The first-order valence-corrected chi connectivity index (χ1v) is 6.27. The van der Waals surface area contributed by atoms with E-state index in [9.17, 15) is 0 Å². The van der Waals surface area contributed by atoms with Crippen LogP contribution in [0.5, 0.6) is 0 Å². The number of fused-ring (bicyclic) bond motifs is 1. The van der Waals surface area contributed by atoms with E-state index >= 15 is 0 Å². The summed E-state index contributed by atoms with van der Waals surface area (Å²) < 4.78 is 0. The number of hydrogen-bond acceptors (Lipinski definition) is 4. The number of halogens is 1. The highest BCUT2D eigenvalue weighted by molar-refractivity contribution is 6.31. The van der Waals surface area contributed by atoms with E-state index in [0.29, 0.717) is 23.0 Å². The monoisotopic (exact) mass is 270 g/mol. The van der Waals surface area contributed by atoms with E-state index in [0.717, 1.165) is 5.52 Å². The molecule has 0 amide bonds. The van der Waals surface area contributed by atoms with Crippen LogP contribution in [-0.2, 0) is 6.54 Å². The van der Waals surface area contributed by atoms with Crippen molar-refractivity contribution < 1.29 is 0 Å². The first-order valence-electron chi connectivity index (χ1n) is 5.89. The van der Waals surface area contributed by atoms with Crippen LogP contribution in [-0.4, -0.2) is 15.2 Å². The van der Waals surface area contributed by atoms with Gasteiger partial charge in [-0.05, 0) is 23.8 Å². The maximum Gasteiger partial charge on any atom is 0.243 e. The molecule has 0 fully saturated rings. The van der Waals surface area contributed by atoms with Crippen LogP contribution in [0.1, 0.15) is 5.56 Å². The minimum atomic E-state index is 0.513. The highest BCUT2D eigenvalue weighted by Crippen LogP contribution is 2.16. The van der Waals surface area contributed by atoms with E-state index < -0.39 is 0 Å². The largest absolute Gasteiger partial charge is 0.349 e. The van der Waals surface area contributed by atoms with Crippen LogP contribution in [0.3, 0.4) is 0 Å². The summed E-state index contributed by atoms with van der Waals surface area (Å²) in [6.45, 7) is 0.668. The van der Waals surface area contributed by atoms with Gasteiger partial charge in [-0.3, -0.25) is 0 Å². The first kappa shape index (κ1) is 11.9. The molecule has 19 heavy (non-hydrogen) atoms. The Bertz CT molecular complexity index is 700. The first-order chi connectivity index (χ1) is 9.31. The second-order valence-electron chi connectivity index (χ2n) is 4.11. The molecule has 0 aliphatic rings. The lowest BCUT2D eigenvalue weighted by Crippen LogP contribution is -2.04. The maximum absolute atomic E-state index is 5.89. The van der Waals surface area contributed by atoms with Crippen molar-refractivity contribution in [2.24, 2.45) is 0 Å². The molecule has 0 aliphatic heterocycles. The van der Waals surface area contributed by atoms with Crippen molar-refractivity contribution in [1.29, 1.82) is 0 Å². The van der Waals surface area contributed by atoms with Gasteiger partial charge in [0.25, 0.3) is 0 Å². The standard InChI is InChI=1S/C14H11ClN4/c15-11-6-7-12-13(8-11)18-19-14(17-12)16-9-10-4-2-1-3-5-10/h1-8H,9H2,(H,16,17,19). The van der Waals surface area contributed by atoms with Crippen molar-refractivity contribution in [3.63, 3.8) is 0 Å². The second-order valence-corrected chi connectivity index (χ2v) is 4.54. The van der Waals surface area contributed by atoms with Crippen LogP contribution in [0.25, 0.3) is 11.0 Å². The van der Waals surface area contributed by atoms with Crippen molar-refractivity contribution in [1.82, 2.24) is 15.2 Å². The molecule has 0 atom stereocenters. The number of rotatable bonds is 3. The quantitative estimate of drug-likeness (QED) is 0.793. The summed E-state index contributed by atoms with van der Waals surface area (Å²) in [7, 11) is 0. The van der Waals surface area contributed by atoms with Crippen LogP contribution in [0, 0.1) is 0 Å². The SMILES string of the molecule is Clc1ccc2nc(NCc3ccccc3)nnc2c1. The Morgan fingerprint density at radius 1 is 0.947 bits per heavy atom. The minimum Gasteiger partial charge on any atom is -0.349 e. The summed E-state index contributed by atoms with van der Waals surface area (Å²) in [6.07, 6.45) is 0. The maximum atomic E-state index is 5.89. The van der Waals surface area contributed by atoms with Gasteiger partial charge in [0.2, 0.25) is 5.95 Å². The third-order valence-electron chi connectivity index (χ3n) is 2.71. The molecular formula is C14H11ClN4. The number of nitrogens with zero attached hydrogens (tertiary/aromatic N) is 3. The Morgan fingerprint density at radius 3 is 2.63 bits per heavy atom. The van der Waals surface area contributed by atoms with Gasteiger partial charge in [0.1, 0.15) is 5.52 Å². The molecule has 0 radical (unpaired) electrons. The van der Waals surface area contributed by atoms with Crippen molar-refractivity contribution in [2.75, 3.05) is 5.32 Å². The molecule has 0 aliphatic carbocycles. The van der Waals surface area contributed by atoms with E-state index in [1.165, 1.54) is 5.56 Å². The van der Waals surface area contributed by atoms with Crippen molar-refractivity contribution in [2.45, 2.75) is 6.54 Å². The fraction of sp³-hybridized carbons (Fsp3) is 0.0714. The number of nitrogens with one attached hydrogen (secondary N) is 1. The van der Waals surface area contributed by atoms with Gasteiger partial charge >= 0.3 is 0 Å². The van der Waals surface area contributed by atoms with Gasteiger partial charge in [0, 0.05) is 11.6 Å². The van der Waals surface area contributed by atoms with Crippen molar-refractivity contribution >= 4 is 28.6 Å². The lowest BCUT2D eigenvalue weighted by Gasteiger charge is -2.05. The minimum absolute atomic E-state index is 0.513. The molecule has 0 saturated heterocycles. The fourth-order valence-electron chi connectivity index (χ4n) is 1.76. The average Bonchev–Trinajstić information content (AvgIpc) is 2.46. The van der Waals surface area contributed by atoms with Gasteiger partial charge in [-0.2, -0.15) is 0 Å². The second kappa shape index (κ2) is 5.20. The van der Waals surface area contributed by atoms with Crippen molar-refractivity contribution in [3.8, 4) is 0 Å². The smallest absolute Gasteiger partial charge is 0.243 e. The molecule has 3 aromatic rings. The molecule has 5 heteroatoms. The molecule has 3 rings (SSSR count).